The third kappa shape index (κ3) is 3.01. The van der Waals surface area contributed by atoms with Gasteiger partial charge in [-0.1, -0.05) is 51.5 Å². The van der Waals surface area contributed by atoms with Crippen LogP contribution in [0.15, 0.2) is 24.3 Å². The summed E-state index contributed by atoms with van der Waals surface area (Å²) in [5.41, 5.74) is 2.68. The van der Waals surface area contributed by atoms with E-state index in [-0.39, 0.29) is 5.41 Å². The molecule has 0 aliphatic heterocycles. The first kappa shape index (κ1) is 13.3. The molecule has 0 aromatic heterocycles. The molecule has 1 nitrogen and oxygen atoms in total. The van der Waals surface area contributed by atoms with Crippen LogP contribution < -0.4 is 0 Å². The van der Waals surface area contributed by atoms with Crippen molar-refractivity contribution >= 4 is 5.78 Å². The largest absolute Gasteiger partial charge is 0.299 e. The summed E-state index contributed by atoms with van der Waals surface area (Å²) in [5, 5.41) is 0. The lowest BCUT2D eigenvalue weighted by Gasteiger charge is -2.28. The van der Waals surface area contributed by atoms with Crippen LogP contribution in [0.1, 0.15) is 63.5 Å². The minimum absolute atomic E-state index is 0.203. The van der Waals surface area contributed by atoms with Gasteiger partial charge in [0.25, 0.3) is 0 Å². The van der Waals surface area contributed by atoms with Crippen molar-refractivity contribution in [2.75, 3.05) is 0 Å². The molecule has 1 aliphatic carbocycles. The molecule has 0 saturated heterocycles. The van der Waals surface area contributed by atoms with E-state index in [2.05, 4.69) is 24.3 Å². The van der Waals surface area contributed by atoms with Gasteiger partial charge >= 0.3 is 0 Å². The van der Waals surface area contributed by atoms with Gasteiger partial charge in [-0.3, -0.25) is 4.79 Å². The summed E-state index contributed by atoms with van der Waals surface area (Å²) in [6.07, 6.45) is 5.59. The smallest absolute Gasteiger partial charge is 0.138 e. The highest BCUT2D eigenvalue weighted by molar-refractivity contribution is 5.83. The lowest BCUT2D eigenvalue weighted by molar-refractivity contribution is -0.126. The standard InChI is InChI=1S/C17H24O/c1-17(2,3)16(18)12-11-14-7-4-5-10-15(14)13-8-6-9-13/h4-5,7,10,13H,6,8-9,11-12H2,1-3H3. The van der Waals surface area contributed by atoms with E-state index >= 15 is 0 Å². The maximum atomic E-state index is 12.0. The molecular weight excluding hydrogens is 220 g/mol. The molecule has 0 N–H and O–H groups in total. The number of rotatable bonds is 4. The zero-order chi connectivity index (χ0) is 13.2. The number of benzene rings is 1. The summed E-state index contributed by atoms with van der Waals surface area (Å²) < 4.78 is 0. The first-order chi connectivity index (χ1) is 8.48. The fraction of sp³-hybridized carbons (Fsp3) is 0.588. The van der Waals surface area contributed by atoms with Gasteiger partial charge in [0.1, 0.15) is 5.78 Å². The minimum atomic E-state index is -0.203. The predicted octanol–water partition coefficient (Wildman–Crippen LogP) is 4.50. The van der Waals surface area contributed by atoms with Gasteiger partial charge in [-0.25, -0.2) is 0 Å². The van der Waals surface area contributed by atoms with Crippen LogP contribution in [0.3, 0.4) is 0 Å². The zero-order valence-electron chi connectivity index (χ0n) is 11.8. The van der Waals surface area contributed by atoms with Crippen molar-refractivity contribution < 1.29 is 4.79 Å². The quantitative estimate of drug-likeness (QED) is 0.762. The molecule has 0 heterocycles. The first-order valence-corrected chi connectivity index (χ1v) is 7.09. The summed E-state index contributed by atoms with van der Waals surface area (Å²) in [6.45, 7) is 6.02. The Bertz CT molecular complexity index is 421. The Balaban J connectivity index is 2.03. The van der Waals surface area contributed by atoms with Crippen LogP contribution >= 0.6 is 0 Å². The molecular formula is C17H24O. The summed E-state index contributed by atoms with van der Waals surface area (Å²) in [6, 6.07) is 8.67. The molecule has 0 bridgehead atoms. The Hall–Kier alpha value is -1.11. The first-order valence-electron chi connectivity index (χ1n) is 7.09. The van der Waals surface area contributed by atoms with Crippen LogP contribution in [0, 0.1) is 5.41 Å². The summed E-state index contributed by atoms with van der Waals surface area (Å²) in [5.74, 6) is 1.12. The molecule has 2 rings (SSSR count). The number of aryl methyl sites for hydroxylation is 1. The predicted molar refractivity (Wildman–Crippen MR) is 75.8 cm³/mol. The number of ketones is 1. The summed E-state index contributed by atoms with van der Waals surface area (Å²) in [7, 11) is 0. The van der Waals surface area contributed by atoms with E-state index in [9.17, 15) is 4.79 Å². The molecule has 1 aromatic carbocycles. The maximum Gasteiger partial charge on any atom is 0.138 e. The Morgan fingerprint density at radius 3 is 2.44 bits per heavy atom. The monoisotopic (exact) mass is 244 g/mol. The van der Waals surface area contributed by atoms with Crippen molar-refractivity contribution in [2.24, 2.45) is 5.41 Å². The van der Waals surface area contributed by atoms with Crippen LogP contribution in [-0.4, -0.2) is 5.78 Å². The van der Waals surface area contributed by atoms with E-state index in [1.165, 1.54) is 30.4 Å². The van der Waals surface area contributed by atoms with Crippen LogP contribution in [0.4, 0.5) is 0 Å². The third-order valence-electron chi connectivity index (χ3n) is 4.06. The third-order valence-corrected chi connectivity index (χ3v) is 4.06. The molecule has 98 valence electrons. The average molecular weight is 244 g/mol. The highest BCUT2D eigenvalue weighted by Gasteiger charge is 2.24. The van der Waals surface area contributed by atoms with E-state index < -0.39 is 0 Å². The fourth-order valence-electron chi connectivity index (χ4n) is 2.50. The topological polar surface area (TPSA) is 17.1 Å². The van der Waals surface area contributed by atoms with Gasteiger partial charge in [-0.2, -0.15) is 0 Å². The summed E-state index contributed by atoms with van der Waals surface area (Å²) in [4.78, 5) is 12.0. The lowest BCUT2D eigenvalue weighted by atomic mass is 9.77. The van der Waals surface area contributed by atoms with E-state index in [0.29, 0.717) is 12.2 Å². The maximum absolute atomic E-state index is 12.0. The van der Waals surface area contributed by atoms with Crippen LogP contribution in [0.2, 0.25) is 0 Å². The zero-order valence-corrected chi connectivity index (χ0v) is 11.8. The Labute approximate surface area is 111 Å². The molecule has 1 aromatic rings. The molecule has 1 fully saturated rings. The van der Waals surface area contributed by atoms with Crippen LogP contribution in [0.25, 0.3) is 0 Å². The molecule has 1 saturated carbocycles. The molecule has 1 heteroatoms. The second-order valence-corrected chi connectivity index (χ2v) is 6.50. The van der Waals surface area contributed by atoms with Gasteiger partial charge in [-0.05, 0) is 36.3 Å². The highest BCUT2D eigenvalue weighted by Crippen LogP contribution is 2.38. The molecule has 0 amide bonds. The Morgan fingerprint density at radius 2 is 1.89 bits per heavy atom. The SMILES string of the molecule is CC(C)(C)C(=O)CCc1ccccc1C1CCC1. The fourth-order valence-corrected chi connectivity index (χ4v) is 2.50. The number of hydrogen-bond acceptors (Lipinski definition) is 1. The second-order valence-electron chi connectivity index (χ2n) is 6.50. The van der Waals surface area contributed by atoms with Gasteiger partial charge < -0.3 is 0 Å². The van der Waals surface area contributed by atoms with Crippen molar-refractivity contribution in [3.05, 3.63) is 35.4 Å². The number of Topliss-reactive ketones (excluding diaryl/α,β-unsaturated/α-hetero) is 1. The van der Waals surface area contributed by atoms with E-state index in [1.807, 2.05) is 20.8 Å². The molecule has 0 radical (unpaired) electrons. The van der Waals surface area contributed by atoms with Crippen molar-refractivity contribution in [3.63, 3.8) is 0 Å². The average Bonchev–Trinajstić information content (AvgIpc) is 2.24. The lowest BCUT2D eigenvalue weighted by Crippen LogP contribution is -2.21. The normalized spacial score (nSPS) is 16.4. The molecule has 1 aliphatic rings. The molecule has 0 atom stereocenters. The highest BCUT2D eigenvalue weighted by atomic mass is 16.1. The van der Waals surface area contributed by atoms with Gasteiger partial charge in [0.05, 0.1) is 0 Å². The number of carbonyl (C=O) groups is 1. The van der Waals surface area contributed by atoms with Crippen LogP contribution in [-0.2, 0) is 11.2 Å². The van der Waals surface area contributed by atoms with Crippen molar-refractivity contribution in [1.29, 1.82) is 0 Å². The molecule has 0 spiro atoms. The Kier molecular flexibility index (Phi) is 3.89. The van der Waals surface area contributed by atoms with Gasteiger partial charge in [0.15, 0.2) is 0 Å². The minimum Gasteiger partial charge on any atom is -0.299 e. The van der Waals surface area contributed by atoms with E-state index in [0.717, 1.165) is 12.3 Å². The summed E-state index contributed by atoms with van der Waals surface area (Å²) >= 11 is 0. The van der Waals surface area contributed by atoms with E-state index in [4.69, 9.17) is 0 Å². The van der Waals surface area contributed by atoms with Crippen molar-refractivity contribution in [2.45, 2.75) is 58.8 Å². The van der Waals surface area contributed by atoms with Gasteiger partial charge in [0.2, 0.25) is 0 Å². The van der Waals surface area contributed by atoms with Gasteiger partial charge in [0, 0.05) is 11.8 Å². The Morgan fingerprint density at radius 1 is 1.22 bits per heavy atom. The number of carbonyl (C=O) groups excluding carboxylic acids is 1. The molecule has 0 unspecified atom stereocenters. The molecule has 18 heavy (non-hydrogen) atoms. The second kappa shape index (κ2) is 5.26. The van der Waals surface area contributed by atoms with E-state index in [1.54, 1.807) is 0 Å². The number of hydrogen-bond donors (Lipinski definition) is 0. The van der Waals surface area contributed by atoms with Gasteiger partial charge in [-0.15, -0.1) is 0 Å². The van der Waals surface area contributed by atoms with Crippen LogP contribution in [0.5, 0.6) is 0 Å². The van der Waals surface area contributed by atoms with Crippen molar-refractivity contribution in [1.82, 2.24) is 0 Å². The van der Waals surface area contributed by atoms with Crippen molar-refractivity contribution in [3.8, 4) is 0 Å².